The summed E-state index contributed by atoms with van der Waals surface area (Å²) in [6.45, 7) is 3.13. The second-order valence-electron chi connectivity index (χ2n) is 5.88. The first-order valence-electron chi connectivity index (χ1n) is 7.91. The summed E-state index contributed by atoms with van der Waals surface area (Å²) in [5.41, 5.74) is 3.83. The molecule has 0 atom stereocenters. The molecule has 0 fully saturated rings. The van der Waals surface area contributed by atoms with Gasteiger partial charge in [0.25, 0.3) is 0 Å². The van der Waals surface area contributed by atoms with Crippen molar-refractivity contribution >= 4 is 46.2 Å². The van der Waals surface area contributed by atoms with Crippen molar-refractivity contribution in [2.24, 2.45) is 7.05 Å². The number of thiocarbonyl (C=S) groups is 1. The fourth-order valence-corrected chi connectivity index (χ4v) is 3.17. The molecule has 136 valence electrons. The number of hydrogen-bond acceptors (Lipinski definition) is 3. The van der Waals surface area contributed by atoms with Crippen LogP contribution in [0.2, 0.25) is 10.0 Å². The minimum absolute atomic E-state index is 0.525. The third-order valence-corrected chi connectivity index (χ3v) is 4.63. The number of rotatable bonds is 5. The van der Waals surface area contributed by atoms with Gasteiger partial charge in [0.1, 0.15) is 0 Å². The molecular formula is C17H18Cl2N6S. The average molecular weight is 409 g/mol. The highest BCUT2D eigenvalue weighted by Crippen LogP contribution is 2.22. The van der Waals surface area contributed by atoms with Crippen LogP contribution in [0.1, 0.15) is 16.8 Å². The lowest BCUT2D eigenvalue weighted by molar-refractivity contribution is 0.687. The molecule has 0 aliphatic heterocycles. The molecule has 0 bridgehead atoms. The van der Waals surface area contributed by atoms with E-state index in [1.54, 1.807) is 21.6 Å². The van der Waals surface area contributed by atoms with Crippen LogP contribution in [0.3, 0.4) is 0 Å². The molecule has 26 heavy (non-hydrogen) atoms. The van der Waals surface area contributed by atoms with E-state index in [0.29, 0.717) is 28.2 Å². The van der Waals surface area contributed by atoms with Crippen LogP contribution < -0.4 is 10.6 Å². The lowest BCUT2D eigenvalue weighted by Gasteiger charge is -2.08. The zero-order valence-electron chi connectivity index (χ0n) is 14.3. The third kappa shape index (κ3) is 4.75. The van der Waals surface area contributed by atoms with E-state index in [4.69, 9.17) is 35.4 Å². The van der Waals surface area contributed by atoms with E-state index in [1.165, 1.54) is 0 Å². The van der Waals surface area contributed by atoms with Crippen molar-refractivity contribution in [3.8, 4) is 0 Å². The zero-order chi connectivity index (χ0) is 18.7. The van der Waals surface area contributed by atoms with Gasteiger partial charge < -0.3 is 10.6 Å². The van der Waals surface area contributed by atoms with Gasteiger partial charge in [0.05, 0.1) is 24.1 Å². The minimum Gasteiger partial charge on any atom is -0.358 e. The quantitative estimate of drug-likeness (QED) is 0.629. The Bertz CT molecular complexity index is 933. The maximum atomic E-state index is 6.21. The highest BCUT2D eigenvalue weighted by atomic mass is 35.5. The highest BCUT2D eigenvalue weighted by Gasteiger charge is 2.07. The largest absolute Gasteiger partial charge is 0.358 e. The molecule has 0 unspecified atom stereocenters. The Hall–Kier alpha value is -2.09. The van der Waals surface area contributed by atoms with E-state index in [2.05, 4.69) is 20.8 Å². The Morgan fingerprint density at radius 3 is 2.73 bits per heavy atom. The van der Waals surface area contributed by atoms with Crippen molar-refractivity contribution in [2.45, 2.75) is 20.0 Å². The Labute approximate surface area is 167 Å². The summed E-state index contributed by atoms with van der Waals surface area (Å²) in [4.78, 5) is 0. The second kappa shape index (κ2) is 8.07. The number of aryl methyl sites for hydroxylation is 2. The van der Waals surface area contributed by atoms with Crippen LogP contribution >= 0.6 is 35.4 Å². The molecule has 0 aliphatic carbocycles. The van der Waals surface area contributed by atoms with Crippen LogP contribution in [0.4, 0.5) is 5.69 Å². The van der Waals surface area contributed by atoms with Crippen molar-refractivity contribution in [1.29, 1.82) is 0 Å². The molecule has 2 heterocycles. The van der Waals surface area contributed by atoms with E-state index in [1.807, 2.05) is 38.5 Å². The Morgan fingerprint density at radius 1 is 1.23 bits per heavy atom. The minimum atomic E-state index is 0.525. The van der Waals surface area contributed by atoms with Gasteiger partial charge >= 0.3 is 0 Å². The molecular weight excluding hydrogens is 391 g/mol. The third-order valence-electron chi connectivity index (χ3n) is 3.79. The predicted octanol–water partition coefficient (Wildman–Crippen LogP) is 3.77. The summed E-state index contributed by atoms with van der Waals surface area (Å²) >= 11 is 17.5. The van der Waals surface area contributed by atoms with Crippen molar-refractivity contribution < 1.29 is 0 Å². The van der Waals surface area contributed by atoms with Gasteiger partial charge in [-0.15, -0.1) is 0 Å². The molecule has 0 amide bonds. The molecule has 0 radical (unpaired) electrons. The summed E-state index contributed by atoms with van der Waals surface area (Å²) in [6.07, 6.45) is 5.56. The number of halogens is 2. The second-order valence-corrected chi connectivity index (χ2v) is 7.14. The normalized spacial score (nSPS) is 10.8. The molecule has 0 saturated carbocycles. The summed E-state index contributed by atoms with van der Waals surface area (Å²) in [7, 11) is 1.90. The molecule has 3 rings (SSSR count). The maximum Gasteiger partial charge on any atom is 0.171 e. The molecule has 1 aromatic carbocycles. The lowest BCUT2D eigenvalue weighted by atomic mass is 10.2. The number of benzene rings is 1. The predicted molar refractivity (Wildman–Crippen MR) is 109 cm³/mol. The Balaban J connectivity index is 1.56. The molecule has 6 nitrogen and oxygen atoms in total. The Morgan fingerprint density at radius 2 is 2.04 bits per heavy atom. The topological polar surface area (TPSA) is 59.7 Å². The van der Waals surface area contributed by atoms with Crippen molar-refractivity contribution in [3.63, 3.8) is 0 Å². The van der Waals surface area contributed by atoms with Crippen LogP contribution in [-0.2, 0) is 20.1 Å². The summed E-state index contributed by atoms with van der Waals surface area (Å²) in [6, 6.07) is 5.42. The van der Waals surface area contributed by atoms with Gasteiger partial charge in [-0.25, -0.2) is 0 Å². The molecule has 0 spiro atoms. The number of nitrogens with zero attached hydrogens (tertiary/aromatic N) is 4. The molecule has 3 aromatic rings. The van der Waals surface area contributed by atoms with Crippen LogP contribution in [0.5, 0.6) is 0 Å². The molecule has 9 heteroatoms. The number of hydrogen-bond donors (Lipinski definition) is 2. The van der Waals surface area contributed by atoms with Crippen molar-refractivity contribution in [1.82, 2.24) is 24.9 Å². The van der Waals surface area contributed by atoms with Gasteiger partial charge in [0, 0.05) is 41.6 Å². The molecule has 2 N–H and O–H groups in total. The van der Waals surface area contributed by atoms with E-state index in [0.717, 1.165) is 22.5 Å². The van der Waals surface area contributed by atoms with Crippen LogP contribution in [0.25, 0.3) is 0 Å². The molecule has 2 aromatic heterocycles. The van der Waals surface area contributed by atoms with Gasteiger partial charge in [-0.2, -0.15) is 10.2 Å². The van der Waals surface area contributed by atoms with Crippen molar-refractivity contribution in [3.05, 3.63) is 63.7 Å². The zero-order valence-corrected chi connectivity index (χ0v) is 16.7. The Kier molecular flexibility index (Phi) is 5.80. The van der Waals surface area contributed by atoms with E-state index in [-0.39, 0.29) is 0 Å². The van der Waals surface area contributed by atoms with Crippen LogP contribution in [-0.4, -0.2) is 24.7 Å². The van der Waals surface area contributed by atoms with E-state index >= 15 is 0 Å². The van der Waals surface area contributed by atoms with Crippen LogP contribution in [0, 0.1) is 6.92 Å². The van der Waals surface area contributed by atoms with E-state index in [9.17, 15) is 0 Å². The molecule has 0 aliphatic rings. The van der Waals surface area contributed by atoms with Gasteiger partial charge in [0.15, 0.2) is 5.11 Å². The maximum absolute atomic E-state index is 6.21. The summed E-state index contributed by atoms with van der Waals surface area (Å²) in [5, 5.41) is 16.7. The average Bonchev–Trinajstić information content (AvgIpc) is 3.14. The fourth-order valence-electron chi connectivity index (χ4n) is 2.51. The van der Waals surface area contributed by atoms with Crippen LogP contribution in [0.15, 0.2) is 36.8 Å². The smallest absolute Gasteiger partial charge is 0.171 e. The first kappa shape index (κ1) is 18.7. The standard InChI is InChI=1S/C17H18Cl2N6S/c1-11-13(8-24(2)23-11)6-20-17(26)22-15-7-21-25(10-15)9-12-3-4-14(18)5-16(12)19/h3-5,7-8,10H,6,9H2,1-2H3,(H2,20,22,26). The van der Waals surface area contributed by atoms with Crippen molar-refractivity contribution in [2.75, 3.05) is 5.32 Å². The summed E-state index contributed by atoms with van der Waals surface area (Å²) < 4.78 is 3.57. The highest BCUT2D eigenvalue weighted by molar-refractivity contribution is 7.80. The first-order chi connectivity index (χ1) is 12.4. The number of anilines is 1. The van der Waals surface area contributed by atoms with Gasteiger partial charge in [-0.3, -0.25) is 9.36 Å². The lowest BCUT2D eigenvalue weighted by Crippen LogP contribution is -2.27. The summed E-state index contributed by atoms with van der Waals surface area (Å²) in [5.74, 6) is 0. The first-order valence-corrected chi connectivity index (χ1v) is 9.07. The fraction of sp³-hybridized carbons (Fsp3) is 0.235. The number of nitrogens with one attached hydrogen (secondary N) is 2. The van der Waals surface area contributed by atoms with Gasteiger partial charge in [-0.05, 0) is 36.8 Å². The van der Waals surface area contributed by atoms with E-state index < -0.39 is 0 Å². The molecule has 0 saturated heterocycles. The van der Waals surface area contributed by atoms with Gasteiger partial charge in [0.2, 0.25) is 0 Å². The number of aromatic nitrogens is 4. The van der Waals surface area contributed by atoms with Gasteiger partial charge in [-0.1, -0.05) is 29.3 Å². The SMILES string of the molecule is Cc1nn(C)cc1CNC(=S)Nc1cnn(Cc2ccc(Cl)cc2Cl)c1. The monoisotopic (exact) mass is 408 g/mol.